The number of carboxylic acids is 1. The molecule has 8 nitrogen and oxygen atoms in total. The van der Waals surface area contributed by atoms with E-state index in [9.17, 15) is 19.5 Å². The number of carbonyl (C=O) groups excluding carboxylic acids is 3. The van der Waals surface area contributed by atoms with E-state index >= 15 is 0 Å². The summed E-state index contributed by atoms with van der Waals surface area (Å²) in [6.07, 6.45) is 5.14. The SMILES string of the molecule is COc1cc(C=C2C(=O)OC3(CCCCC3)OC2=O)ccc1OCc1cccc(C(=O)[O-])c1. The summed E-state index contributed by atoms with van der Waals surface area (Å²) >= 11 is 0. The molecule has 1 aliphatic heterocycles. The Labute approximate surface area is 190 Å². The highest BCUT2D eigenvalue weighted by Crippen LogP contribution is 2.38. The number of ether oxygens (including phenoxy) is 4. The molecule has 0 unspecified atom stereocenters. The topological polar surface area (TPSA) is 111 Å². The van der Waals surface area contributed by atoms with Crippen LogP contribution in [0.4, 0.5) is 0 Å². The van der Waals surface area contributed by atoms with Crippen LogP contribution in [0.3, 0.4) is 0 Å². The van der Waals surface area contributed by atoms with Crippen LogP contribution in [0, 0.1) is 0 Å². The van der Waals surface area contributed by atoms with Crippen LogP contribution in [0.15, 0.2) is 48.0 Å². The Morgan fingerprint density at radius 3 is 2.42 bits per heavy atom. The summed E-state index contributed by atoms with van der Waals surface area (Å²) in [5.41, 5.74) is 1.06. The second-order valence-corrected chi connectivity index (χ2v) is 8.00. The van der Waals surface area contributed by atoms with Gasteiger partial charge in [-0.15, -0.1) is 0 Å². The zero-order valence-corrected chi connectivity index (χ0v) is 18.1. The lowest BCUT2D eigenvalue weighted by Crippen LogP contribution is -2.47. The van der Waals surface area contributed by atoms with Crippen LogP contribution >= 0.6 is 0 Å². The van der Waals surface area contributed by atoms with Crippen LogP contribution in [-0.2, 0) is 25.7 Å². The van der Waals surface area contributed by atoms with Crippen molar-refractivity contribution < 1.29 is 38.4 Å². The summed E-state index contributed by atoms with van der Waals surface area (Å²) in [6, 6.07) is 11.2. The monoisotopic (exact) mass is 451 g/mol. The molecule has 0 atom stereocenters. The fourth-order valence-corrected chi connectivity index (χ4v) is 3.97. The van der Waals surface area contributed by atoms with Crippen molar-refractivity contribution in [3.8, 4) is 11.5 Å². The molecule has 0 amide bonds. The summed E-state index contributed by atoms with van der Waals surface area (Å²) in [4.78, 5) is 36.1. The largest absolute Gasteiger partial charge is 0.545 e. The van der Waals surface area contributed by atoms with Crippen LogP contribution in [-0.4, -0.2) is 30.8 Å². The first-order valence-electron chi connectivity index (χ1n) is 10.7. The van der Waals surface area contributed by atoms with E-state index < -0.39 is 23.7 Å². The highest BCUT2D eigenvalue weighted by molar-refractivity contribution is 6.18. The molecule has 172 valence electrons. The first-order valence-corrected chi connectivity index (χ1v) is 10.7. The zero-order chi connectivity index (χ0) is 23.4. The lowest BCUT2D eigenvalue weighted by molar-refractivity contribution is -0.255. The van der Waals surface area contributed by atoms with Gasteiger partial charge < -0.3 is 28.8 Å². The maximum Gasteiger partial charge on any atom is 0.348 e. The summed E-state index contributed by atoms with van der Waals surface area (Å²) < 4.78 is 22.2. The summed E-state index contributed by atoms with van der Waals surface area (Å²) in [7, 11) is 1.46. The molecule has 0 radical (unpaired) electrons. The molecule has 2 aromatic rings. The lowest BCUT2D eigenvalue weighted by atomic mass is 9.93. The number of aromatic carboxylic acids is 1. The number of carboxylic acid groups (broad SMARTS) is 1. The molecule has 8 heteroatoms. The van der Waals surface area contributed by atoms with E-state index in [-0.39, 0.29) is 17.7 Å². The van der Waals surface area contributed by atoms with E-state index in [4.69, 9.17) is 18.9 Å². The number of hydrogen-bond donors (Lipinski definition) is 0. The van der Waals surface area contributed by atoms with Gasteiger partial charge in [-0.25, -0.2) is 9.59 Å². The molecule has 2 aromatic carbocycles. The van der Waals surface area contributed by atoms with Crippen molar-refractivity contribution in [3.05, 3.63) is 64.7 Å². The lowest BCUT2D eigenvalue weighted by Gasteiger charge is -2.38. The summed E-state index contributed by atoms with van der Waals surface area (Å²) in [5.74, 6) is -3.00. The summed E-state index contributed by atoms with van der Waals surface area (Å²) in [5, 5.41) is 11.0. The van der Waals surface area contributed by atoms with Gasteiger partial charge in [-0.1, -0.05) is 30.7 Å². The average molecular weight is 451 g/mol. The Kier molecular flexibility index (Phi) is 6.35. The van der Waals surface area contributed by atoms with Crippen molar-refractivity contribution >= 4 is 24.0 Å². The molecule has 1 saturated carbocycles. The van der Waals surface area contributed by atoms with Gasteiger partial charge in [0.2, 0.25) is 0 Å². The Morgan fingerprint density at radius 1 is 1.03 bits per heavy atom. The smallest absolute Gasteiger partial charge is 0.348 e. The van der Waals surface area contributed by atoms with Gasteiger partial charge in [0.1, 0.15) is 12.2 Å². The van der Waals surface area contributed by atoms with Gasteiger partial charge in [0.05, 0.1) is 13.1 Å². The van der Waals surface area contributed by atoms with Crippen LogP contribution in [0.2, 0.25) is 0 Å². The Morgan fingerprint density at radius 2 is 1.76 bits per heavy atom. The van der Waals surface area contributed by atoms with E-state index in [1.807, 2.05) is 0 Å². The number of rotatable bonds is 6. The van der Waals surface area contributed by atoms with Crippen molar-refractivity contribution in [1.82, 2.24) is 0 Å². The van der Waals surface area contributed by atoms with Crippen molar-refractivity contribution in [2.24, 2.45) is 0 Å². The molecule has 33 heavy (non-hydrogen) atoms. The second kappa shape index (κ2) is 9.36. The molecule has 2 fully saturated rings. The van der Waals surface area contributed by atoms with Gasteiger partial charge in [0, 0.05) is 12.8 Å². The third-order valence-electron chi connectivity index (χ3n) is 5.67. The third kappa shape index (κ3) is 5.00. The fourth-order valence-electron chi connectivity index (χ4n) is 3.97. The Balaban J connectivity index is 1.49. The van der Waals surface area contributed by atoms with Crippen molar-refractivity contribution in [1.29, 1.82) is 0 Å². The first kappa shape index (κ1) is 22.4. The molecular weight excluding hydrogens is 428 g/mol. The summed E-state index contributed by atoms with van der Waals surface area (Å²) in [6.45, 7) is 0.110. The quantitative estimate of drug-likeness (QED) is 0.375. The molecule has 2 aliphatic rings. The molecule has 0 N–H and O–H groups in total. The first-order chi connectivity index (χ1) is 15.9. The number of methoxy groups -OCH3 is 1. The minimum atomic E-state index is -1.26. The predicted molar refractivity (Wildman–Crippen MR) is 114 cm³/mol. The molecule has 1 heterocycles. The maximum absolute atomic E-state index is 12.5. The maximum atomic E-state index is 12.5. The third-order valence-corrected chi connectivity index (χ3v) is 5.67. The zero-order valence-electron chi connectivity index (χ0n) is 18.1. The molecule has 0 bridgehead atoms. The number of carbonyl (C=O) groups is 3. The standard InChI is InChI=1S/C25H24O8/c1-30-21-14-16(8-9-20(21)31-15-17-6-5-7-18(12-17)22(26)27)13-19-23(28)32-25(33-24(19)29)10-3-2-4-11-25/h5-9,12-14H,2-4,10-11,15H2,1H3,(H,26,27)/p-1. The van der Waals surface area contributed by atoms with E-state index in [1.54, 1.807) is 30.3 Å². The van der Waals surface area contributed by atoms with Crippen LogP contribution < -0.4 is 14.6 Å². The molecule has 4 rings (SSSR count). The van der Waals surface area contributed by atoms with Gasteiger partial charge >= 0.3 is 11.9 Å². The van der Waals surface area contributed by atoms with Crippen molar-refractivity contribution in [2.75, 3.05) is 7.11 Å². The minimum Gasteiger partial charge on any atom is -0.545 e. The molecular formula is C25H23O8-. The minimum absolute atomic E-state index is 0.0614. The van der Waals surface area contributed by atoms with Crippen molar-refractivity contribution in [3.63, 3.8) is 0 Å². The fraction of sp³-hybridized carbons (Fsp3) is 0.320. The Hall–Kier alpha value is -3.81. The van der Waals surface area contributed by atoms with Crippen LogP contribution in [0.5, 0.6) is 11.5 Å². The van der Waals surface area contributed by atoms with Gasteiger partial charge in [-0.2, -0.15) is 0 Å². The van der Waals surface area contributed by atoms with Crippen LogP contribution in [0.1, 0.15) is 53.6 Å². The van der Waals surface area contributed by atoms with Gasteiger partial charge in [0.15, 0.2) is 11.5 Å². The number of hydrogen-bond acceptors (Lipinski definition) is 8. The molecule has 1 aliphatic carbocycles. The van der Waals surface area contributed by atoms with Crippen molar-refractivity contribution in [2.45, 2.75) is 44.5 Å². The highest BCUT2D eigenvalue weighted by atomic mass is 16.7. The predicted octanol–water partition coefficient (Wildman–Crippen LogP) is 2.78. The molecule has 0 aromatic heterocycles. The highest BCUT2D eigenvalue weighted by Gasteiger charge is 2.46. The normalized spacial score (nSPS) is 17.2. The van der Waals surface area contributed by atoms with Crippen LogP contribution in [0.25, 0.3) is 6.08 Å². The second-order valence-electron chi connectivity index (χ2n) is 8.00. The van der Waals surface area contributed by atoms with Gasteiger partial charge in [-0.05, 0) is 53.8 Å². The number of benzene rings is 2. The van der Waals surface area contributed by atoms with E-state index in [0.717, 1.165) is 19.3 Å². The van der Waals surface area contributed by atoms with E-state index in [2.05, 4.69) is 0 Å². The number of esters is 2. The van der Waals surface area contributed by atoms with E-state index in [1.165, 1.54) is 25.3 Å². The van der Waals surface area contributed by atoms with Gasteiger partial charge in [0.25, 0.3) is 5.79 Å². The van der Waals surface area contributed by atoms with E-state index in [0.29, 0.717) is 35.5 Å². The average Bonchev–Trinajstić information content (AvgIpc) is 2.81. The molecule has 1 saturated heterocycles. The van der Waals surface area contributed by atoms with Gasteiger partial charge in [-0.3, -0.25) is 0 Å². The Bertz CT molecular complexity index is 1090. The molecule has 1 spiro atoms.